The third-order valence-electron chi connectivity index (χ3n) is 4.66. The molecule has 1 amide bonds. The molecule has 0 radical (unpaired) electrons. The molecule has 2 heterocycles. The van der Waals surface area contributed by atoms with E-state index in [4.69, 9.17) is 4.74 Å². The summed E-state index contributed by atoms with van der Waals surface area (Å²) in [4.78, 5) is 24.8. The number of aromatic amines is 1. The van der Waals surface area contributed by atoms with Crippen LogP contribution in [0.4, 0.5) is 0 Å². The first-order chi connectivity index (χ1) is 10.7. The second-order valence-electron chi connectivity index (χ2n) is 6.04. The molecule has 7 heteroatoms. The van der Waals surface area contributed by atoms with Gasteiger partial charge in [-0.1, -0.05) is 19.3 Å². The lowest BCUT2D eigenvalue weighted by molar-refractivity contribution is -0.149. The van der Waals surface area contributed by atoms with E-state index < -0.39 is 5.54 Å². The van der Waals surface area contributed by atoms with Gasteiger partial charge in [-0.3, -0.25) is 9.89 Å². The van der Waals surface area contributed by atoms with E-state index >= 15 is 0 Å². The van der Waals surface area contributed by atoms with Crippen molar-refractivity contribution in [2.24, 2.45) is 0 Å². The lowest BCUT2D eigenvalue weighted by Crippen LogP contribution is -2.56. The average molecular weight is 306 g/mol. The highest BCUT2D eigenvalue weighted by Crippen LogP contribution is 2.30. The smallest absolute Gasteiger partial charge is 0.331 e. The zero-order chi connectivity index (χ0) is 15.6. The van der Waals surface area contributed by atoms with Crippen LogP contribution in [-0.4, -0.2) is 41.3 Å². The monoisotopic (exact) mass is 306 g/mol. The van der Waals surface area contributed by atoms with Gasteiger partial charge in [0.2, 0.25) is 0 Å². The molecule has 2 aliphatic rings. The Morgan fingerprint density at radius 1 is 1.27 bits per heavy atom. The van der Waals surface area contributed by atoms with Gasteiger partial charge >= 0.3 is 5.97 Å². The summed E-state index contributed by atoms with van der Waals surface area (Å²) in [6, 6.07) is 0. The van der Waals surface area contributed by atoms with E-state index in [0.29, 0.717) is 25.1 Å². The number of methoxy groups -OCH3 is 1. The lowest BCUT2D eigenvalue weighted by atomic mass is 9.81. The fourth-order valence-corrected chi connectivity index (χ4v) is 3.42. The number of hydrogen-bond donors (Lipinski definition) is 3. The van der Waals surface area contributed by atoms with Crippen molar-refractivity contribution < 1.29 is 14.3 Å². The molecule has 3 rings (SSSR count). The zero-order valence-electron chi connectivity index (χ0n) is 12.8. The highest BCUT2D eigenvalue weighted by Gasteiger charge is 2.42. The number of H-pyrrole nitrogens is 1. The SMILES string of the molecule is COC(=O)C1(NC(=O)c2n[nH]c3c2CNCC3)CCCCC1. The molecule has 1 fully saturated rings. The minimum atomic E-state index is -0.905. The largest absolute Gasteiger partial charge is 0.467 e. The van der Waals surface area contributed by atoms with Crippen LogP contribution in [-0.2, 0) is 22.5 Å². The third kappa shape index (κ3) is 2.61. The summed E-state index contributed by atoms with van der Waals surface area (Å²) in [6.07, 6.45) is 4.98. The fourth-order valence-electron chi connectivity index (χ4n) is 3.42. The molecule has 1 aliphatic carbocycles. The number of ether oxygens (including phenoxy) is 1. The van der Waals surface area contributed by atoms with Crippen LogP contribution in [0.15, 0.2) is 0 Å². The van der Waals surface area contributed by atoms with E-state index in [9.17, 15) is 9.59 Å². The van der Waals surface area contributed by atoms with Crippen molar-refractivity contribution in [2.75, 3.05) is 13.7 Å². The number of fused-ring (bicyclic) bond motifs is 1. The van der Waals surface area contributed by atoms with Gasteiger partial charge in [0.05, 0.1) is 7.11 Å². The molecule has 120 valence electrons. The summed E-state index contributed by atoms with van der Waals surface area (Å²) in [5.41, 5.74) is 1.38. The van der Waals surface area contributed by atoms with Crippen LogP contribution in [0.5, 0.6) is 0 Å². The number of carbonyl (C=O) groups is 2. The van der Waals surface area contributed by atoms with E-state index in [1.165, 1.54) is 7.11 Å². The van der Waals surface area contributed by atoms with Gasteiger partial charge < -0.3 is 15.4 Å². The molecule has 1 aromatic heterocycles. The van der Waals surface area contributed by atoms with Gasteiger partial charge in [0.15, 0.2) is 5.69 Å². The van der Waals surface area contributed by atoms with Crippen molar-refractivity contribution in [1.29, 1.82) is 0 Å². The van der Waals surface area contributed by atoms with Crippen LogP contribution in [0.2, 0.25) is 0 Å². The maximum Gasteiger partial charge on any atom is 0.331 e. The molecular formula is C15H22N4O3. The molecule has 0 unspecified atom stereocenters. The molecule has 0 bridgehead atoms. The standard InChI is InChI=1S/C15H22N4O3/c1-22-14(21)15(6-3-2-4-7-15)17-13(20)12-10-9-16-8-5-11(10)18-19-12/h16H,2-9H2,1H3,(H,17,20)(H,18,19). The molecule has 0 spiro atoms. The molecule has 22 heavy (non-hydrogen) atoms. The Balaban J connectivity index is 1.82. The Morgan fingerprint density at radius 3 is 2.77 bits per heavy atom. The Morgan fingerprint density at radius 2 is 2.05 bits per heavy atom. The maximum atomic E-state index is 12.6. The zero-order valence-corrected chi connectivity index (χ0v) is 12.8. The summed E-state index contributed by atoms with van der Waals surface area (Å²) < 4.78 is 4.93. The predicted molar refractivity (Wildman–Crippen MR) is 79.3 cm³/mol. The quantitative estimate of drug-likeness (QED) is 0.713. The first-order valence-corrected chi connectivity index (χ1v) is 7.84. The first-order valence-electron chi connectivity index (χ1n) is 7.84. The van der Waals surface area contributed by atoms with Crippen molar-refractivity contribution in [2.45, 2.75) is 50.6 Å². The van der Waals surface area contributed by atoms with Crippen LogP contribution in [0.3, 0.4) is 0 Å². The van der Waals surface area contributed by atoms with Crippen LogP contribution >= 0.6 is 0 Å². The molecule has 1 aliphatic heterocycles. The number of esters is 1. The van der Waals surface area contributed by atoms with Gasteiger partial charge in [-0.2, -0.15) is 5.10 Å². The highest BCUT2D eigenvalue weighted by atomic mass is 16.5. The van der Waals surface area contributed by atoms with Crippen LogP contribution < -0.4 is 10.6 Å². The van der Waals surface area contributed by atoms with Crippen LogP contribution in [0.25, 0.3) is 0 Å². The number of nitrogens with zero attached hydrogens (tertiary/aromatic N) is 1. The van der Waals surface area contributed by atoms with Gasteiger partial charge in [0.1, 0.15) is 5.54 Å². The number of hydrogen-bond acceptors (Lipinski definition) is 5. The van der Waals surface area contributed by atoms with Gasteiger partial charge in [0, 0.05) is 30.8 Å². The van der Waals surface area contributed by atoms with E-state index in [0.717, 1.165) is 43.5 Å². The molecular weight excluding hydrogens is 284 g/mol. The fraction of sp³-hybridized carbons (Fsp3) is 0.667. The van der Waals surface area contributed by atoms with Crippen molar-refractivity contribution in [1.82, 2.24) is 20.8 Å². The maximum absolute atomic E-state index is 12.6. The number of carbonyl (C=O) groups excluding carboxylic acids is 2. The molecule has 0 atom stereocenters. The van der Waals surface area contributed by atoms with Crippen molar-refractivity contribution in [3.8, 4) is 0 Å². The summed E-state index contributed by atoms with van der Waals surface area (Å²) in [5, 5.41) is 13.2. The first kappa shape index (κ1) is 15.0. The second-order valence-corrected chi connectivity index (χ2v) is 6.04. The van der Waals surface area contributed by atoms with Crippen molar-refractivity contribution in [3.05, 3.63) is 17.0 Å². The van der Waals surface area contributed by atoms with Crippen molar-refractivity contribution >= 4 is 11.9 Å². The second kappa shape index (κ2) is 6.08. The minimum absolute atomic E-state index is 0.298. The summed E-state index contributed by atoms with van der Waals surface area (Å²) >= 11 is 0. The van der Waals surface area contributed by atoms with E-state index in [2.05, 4.69) is 20.8 Å². The van der Waals surface area contributed by atoms with Crippen molar-refractivity contribution in [3.63, 3.8) is 0 Å². The molecule has 1 saturated carbocycles. The van der Waals surface area contributed by atoms with E-state index in [-0.39, 0.29) is 11.9 Å². The Kier molecular flexibility index (Phi) is 4.15. The third-order valence-corrected chi connectivity index (χ3v) is 4.66. The van der Waals surface area contributed by atoms with Crippen LogP contribution in [0.1, 0.15) is 53.8 Å². The Labute approximate surface area is 129 Å². The predicted octanol–water partition coefficient (Wildman–Crippen LogP) is 0.661. The summed E-state index contributed by atoms with van der Waals surface area (Å²) in [7, 11) is 1.37. The Bertz CT molecular complexity index is 575. The van der Waals surface area contributed by atoms with Gasteiger partial charge in [-0.05, 0) is 12.8 Å². The summed E-state index contributed by atoms with van der Waals surface area (Å²) in [5.74, 6) is -0.656. The van der Waals surface area contributed by atoms with Gasteiger partial charge in [-0.25, -0.2) is 4.79 Å². The molecule has 1 aromatic rings. The molecule has 3 N–H and O–H groups in total. The number of nitrogens with one attached hydrogen (secondary N) is 3. The number of aromatic nitrogens is 2. The lowest BCUT2D eigenvalue weighted by Gasteiger charge is -2.35. The van der Waals surface area contributed by atoms with Gasteiger partial charge in [0.25, 0.3) is 5.91 Å². The summed E-state index contributed by atoms with van der Waals surface area (Å²) in [6.45, 7) is 1.50. The number of amides is 1. The van der Waals surface area contributed by atoms with E-state index in [1.54, 1.807) is 0 Å². The highest BCUT2D eigenvalue weighted by molar-refractivity contribution is 5.98. The molecule has 7 nitrogen and oxygen atoms in total. The minimum Gasteiger partial charge on any atom is -0.467 e. The normalized spacial score (nSPS) is 20.0. The van der Waals surface area contributed by atoms with Crippen LogP contribution in [0, 0.1) is 0 Å². The molecule has 0 aromatic carbocycles. The van der Waals surface area contributed by atoms with E-state index in [1.807, 2.05) is 0 Å². The average Bonchev–Trinajstić information content (AvgIpc) is 2.99. The number of rotatable bonds is 3. The Hall–Kier alpha value is -1.89. The molecule has 0 saturated heterocycles. The topological polar surface area (TPSA) is 96.1 Å². The van der Waals surface area contributed by atoms with Gasteiger partial charge in [-0.15, -0.1) is 0 Å².